The molecule has 0 unspecified atom stereocenters. The van der Waals surface area contributed by atoms with Crippen LogP contribution in [-0.2, 0) is 9.59 Å². The summed E-state index contributed by atoms with van der Waals surface area (Å²) in [7, 11) is 3.11. The summed E-state index contributed by atoms with van der Waals surface area (Å²) in [4.78, 5) is 26.6. The molecule has 26 heavy (non-hydrogen) atoms. The molecule has 2 aromatic carbocycles. The number of carbonyl (C=O) groups is 2. The second kappa shape index (κ2) is 7.78. The molecule has 1 N–H and O–H groups in total. The van der Waals surface area contributed by atoms with E-state index in [2.05, 4.69) is 21.2 Å². The number of hydrogen-bond donors (Lipinski definition) is 1. The molecular weight excluding hydrogens is 400 g/mol. The fraction of sp³-hybridized carbons (Fsp3) is 0.263. The third-order valence-electron chi connectivity index (χ3n) is 4.26. The van der Waals surface area contributed by atoms with Crippen molar-refractivity contribution in [2.75, 3.05) is 31.0 Å². The van der Waals surface area contributed by atoms with E-state index in [1.807, 2.05) is 24.3 Å². The van der Waals surface area contributed by atoms with Gasteiger partial charge in [-0.15, -0.1) is 0 Å². The van der Waals surface area contributed by atoms with E-state index in [0.717, 1.165) is 4.47 Å². The Morgan fingerprint density at radius 3 is 2.69 bits per heavy atom. The number of hydrogen-bond acceptors (Lipinski definition) is 4. The van der Waals surface area contributed by atoms with E-state index in [0.29, 0.717) is 29.4 Å². The van der Waals surface area contributed by atoms with Crippen molar-refractivity contribution in [2.24, 2.45) is 5.92 Å². The molecule has 2 amide bonds. The van der Waals surface area contributed by atoms with Gasteiger partial charge in [-0.1, -0.05) is 22.0 Å². The normalized spacial score (nSPS) is 16.5. The number of nitrogens with one attached hydrogen (secondary N) is 1. The summed E-state index contributed by atoms with van der Waals surface area (Å²) in [6, 6.07) is 12.6. The van der Waals surface area contributed by atoms with Gasteiger partial charge in [0.2, 0.25) is 11.8 Å². The number of methoxy groups -OCH3 is 2. The first kappa shape index (κ1) is 18.3. The van der Waals surface area contributed by atoms with Crippen molar-refractivity contribution >= 4 is 39.1 Å². The van der Waals surface area contributed by atoms with E-state index < -0.39 is 5.92 Å². The van der Waals surface area contributed by atoms with Crippen LogP contribution >= 0.6 is 15.9 Å². The van der Waals surface area contributed by atoms with Gasteiger partial charge in [0.25, 0.3) is 0 Å². The second-order valence-electron chi connectivity index (χ2n) is 5.94. The molecule has 1 aliphatic heterocycles. The van der Waals surface area contributed by atoms with Gasteiger partial charge in [-0.25, -0.2) is 0 Å². The van der Waals surface area contributed by atoms with Gasteiger partial charge in [0.1, 0.15) is 11.5 Å². The van der Waals surface area contributed by atoms with Crippen molar-refractivity contribution in [3.8, 4) is 11.5 Å². The number of rotatable bonds is 5. The number of benzene rings is 2. The molecule has 6 nitrogen and oxygen atoms in total. The molecule has 0 spiro atoms. The van der Waals surface area contributed by atoms with Crippen LogP contribution in [0.1, 0.15) is 6.42 Å². The quantitative estimate of drug-likeness (QED) is 0.806. The molecule has 0 saturated carbocycles. The fourth-order valence-corrected chi connectivity index (χ4v) is 3.33. The Bertz CT molecular complexity index is 840. The minimum absolute atomic E-state index is 0.119. The highest BCUT2D eigenvalue weighted by Crippen LogP contribution is 2.36. The van der Waals surface area contributed by atoms with Crippen molar-refractivity contribution in [2.45, 2.75) is 6.42 Å². The van der Waals surface area contributed by atoms with E-state index in [9.17, 15) is 9.59 Å². The highest BCUT2D eigenvalue weighted by Gasteiger charge is 2.36. The monoisotopic (exact) mass is 418 g/mol. The Hall–Kier alpha value is -2.54. The molecule has 0 radical (unpaired) electrons. The maximum Gasteiger partial charge on any atom is 0.229 e. The lowest BCUT2D eigenvalue weighted by molar-refractivity contribution is -0.122. The predicted octanol–water partition coefficient (Wildman–Crippen LogP) is 3.46. The standard InChI is InChI=1S/C19H19BrN2O4/c1-25-15-6-7-17(26-2)16(10-15)22-11-12(8-18(22)23)19(24)21-14-5-3-4-13(20)9-14/h3-7,9-10,12H,8,11H2,1-2H3,(H,21,24)/t12-/m1/s1. The fourth-order valence-electron chi connectivity index (χ4n) is 2.93. The Morgan fingerprint density at radius 2 is 2.00 bits per heavy atom. The molecule has 3 rings (SSSR count). The number of amides is 2. The molecule has 1 fully saturated rings. The van der Waals surface area contributed by atoms with Gasteiger partial charge in [-0.05, 0) is 30.3 Å². The van der Waals surface area contributed by atoms with Crippen LogP contribution in [0.25, 0.3) is 0 Å². The molecule has 0 aliphatic carbocycles. The lowest BCUT2D eigenvalue weighted by Crippen LogP contribution is -2.28. The van der Waals surface area contributed by atoms with E-state index in [4.69, 9.17) is 9.47 Å². The summed E-state index contributed by atoms with van der Waals surface area (Å²) in [6.07, 6.45) is 0.153. The summed E-state index contributed by atoms with van der Waals surface area (Å²) in [5.41, 5.74) is 1.30. The van der Waals surface area contributed by atoms with Gasteiger partial charge in [0, 0.05) is 29.2 Å². The molecule has 1 heterocycles. The summed E-state index contributed by atoms with van der Waals surface area (Å²) in [5, 5.41) is 2.86. The summed E-state index contributed by atoms with van der Waals surface area (Å²) < 4.78 is 11.5. The zero-order valence-corrected chi connectivity index (χ0v) is 16.1. The zero-order chi connectivity index (χ0) is 18.7. The average molecular weight is 419 g/mol. The maximum atomic E-state index is 12.6. The van der Waals surface area contributed by atoms with Crippen LogP contribution in [0.5, 0.6) is 11.5 Å². The predicted molar refractivity (Wildman–Crippen MR) is 103 cm³/mol. The molecule has 0 bridgehead atoms. The first-order chi connectivity index (χ1) is 12.5. The third kappa shape index (κ3) is 3.83. The SMILES string of the molecule is COc1ccc(OC)c(N2C[C@H](C(=O)Nc3cccc(Br)c3)CC2=O)c1. The Balaban J connectivity index is 1.77. The van der Waals surface area contributed by atoms with Crippen LogP contribution in [0.3, 0.4) is 0 Å². The molecule has 1 saturated heterocycles. The molecular formula is C19H19BrN2O4. The summed E-state index contributed by atoms with van der Waals surface area (Å²) in [5.74, 6) is 0.451. The molecule has 7 heteroatoms. The zero-order valence-electron chi connectivity index (χ0n) is 14.5. The van der Waals surface area contributed by atoms with Crippen LogP contribution in [0.2, 0.25) is 0 Å². The van der Waals surface area contributed by atoms with E-state index in [-0.39, 0.29) is 18.2 Å². The first-order valence-electron chi connectivity index (χ1n) is 8.10. The van der Waals surface area contributed by atoms with Gasteiger partial charge in [-0.2, -0.15) is 0 Å². The Labute approximate surface area is 160 Å². The minimum Gasteiger partial charge on any atom is -0.497 e. The highest BCUT2D eigenvalue weighted by atomic mass is 79.9. The smallest absolute Gasteiger partial charge is 0.229 e. The maximum absolute atomic E-state index is 12.6. The number of nitrogens with zero attached hydrogens (tertiary/aromatic N) is 1. The van der Waals surface area contributed by atoms with Crippen molar-refractivity contribution in [3.05, 3.63) is 46.9 Å². The van der Waals surface area contributed by atoms with Crippen LogP contribution in [0.15, 0.2) is 46.9 Å². The van der Waals surface area contributed by atoms with Gasteiger partial charge < -0.3 is 19.7 Å². The Morgan fingerprint density at radius 1 is 1.19 bits per heavy atom. The lowest BCUT2D eigenvalue weighted by atomic mass is 10.1. The number of ether oxygens (including phenoxy) is 2. The van der Waals surface area contributed by atoms with Crippen molar-refractivity contribution in [1.82, 2.24) is 0 Å². The first-order valence-corrected chi connectivity index (χ1v) is 8.90. The topological polar surface area (TPSA) is 67.9 Å². The van der Waals surface area contributed by atoms with Crippen LogP contribution < -0.4 is 19.7 Å². The van der Waals surface area contributed by atoms with E-state index in [1.165, 1.54) is 0 Å². The van der Waals surface area contributed by atoms with Crippen molar-refractivity contribution in [3.63, 3.8) is 0 Å². The van der Waals surface area contributed by atoms with Crippen LogP contribution in [-0.4, -0.2) is 32.6 Å². The summed E-state index contributed by atoms with van der Waals surface area (Å²) >= 11 is 3.38. The highest BCUT2D eigenvalue weighted by molar-refractivity contribution is 9.10. The summed E-state index contributed by atoms with van der Waals surface area (Å²) in [6.45, 7) is 0.294. The number of carbonyl (C=O) groups excluding carboxylic acids is 2. The van der Waals surface area contributed by atoms with Crippen LogP contribution in [0, 0.1) is 5.92 Å². The number of anilines is 2. The van der Waals surface area contributed by atoms with Crippen molar-refractivity contribution in [1.29, 1.82) is 0 Å². The Kier molecular flexibility index (Phi) is 5.46. The van der Waals surface area contributed by atoms with Gasteiger partial charge in [-0.3, -0.25) is 9.59 Å². The van der Waals surface area contributed by atoms with Gasteiger partial charge in [0.05, 0.1) is 25.8 Å². The average Bonchev–Trinajstić information content (AvgIpc) is 3.03. The van der Waals surface area contributed by atoms with E-state index in [1.54, 1.807) is 37.3 Å². The molecule has 1 atom stereocenters. The molecule has 136 valence electrons. The lowest BCUT2D eigenvalue weighted by Gasteiger charge is -2.20. The molecule has 2 aromatic rings. The largest absolute Gasteiger partial charge is 0.497 e. The van der Waals surface area contributed by atoms with Crippen molar-refractivity contribution < 1.29 is 19.1 Å². The second-order valence-corrected chi connectivity index (χ2v) is 6.86. The van der Waals surface area contributed by atoms with Gasteiger partial charge >= 0.3 is 0 Å². The van der Waals surface area contributed by atoms with Gasteiger partial charge in [0.15, 0.2) is 0 Å². The third-order valence-corrected chi connectivity index (χ3v) is 4.76. The van der Waals surface area contributed by atoms with E-state index >= 15 is 0 Å². The van der Waals surface area contributed by atoms with Crippen LogP contribution in [0.4, 0.5) is 11.4 Å². The minimum atomic E-state index is -0.433. The number of halogens is 1. The molecule has 0 aromatic heterocycles. The molecule has 1 aliphatic rings.